The number of rotatable bonds is 2. The highest BCUT2D eigenvalue weighted by atomic mass is 19.1. The van der Waals surface area contributed by atoms with Gasteiger partial charge in [0.15, 0.2) is 0 Å². The van der Waals surface area contributed by atoms with Crippen LogP contribution in [0.25, 0.3) is 0 Å². The van der Waals surface area contributed by atoms with Crippen LogP contribution >= 0.6 is 0 Å². The summed E-state index contributed by atoms with van der Waals surface area (Å²) in [5.74, 6) is 0.913. The van der Waals surface area contributed by atoms with Crippen molar-refractivity contribution in [3.05, 3.63) is 22.3 Å². The Morgan fingerprint density at radius 1 is 1.36 bits per heavy atom. The van der Waals surface area contributed by atoms with E-state index in [1.807, 2.05) is 6.92 Å². The second-order valence-electron chi connectivity index (χ2n) is 8.38. The van der Waals surface area contributed by atoms with E-state index in [-0.39, 0.29) is 24.1 Å². The maximum Gasteiger partial charge on any atom is 0.0957 e. The van der Waals surface area contributed by atoms with Crippen LogP contribution in [0.1, 0.15) is 66.2 Å². The Morgan fingerprint density at radius 2 is 2.09 bits per heavy atom. The van der Waals surface area contributed by atoms with Crippen molar-refractivity contribution >= 4 is 0 Å². The van der Waals surface area contributed by atoms with Crippen LogP contribution in [-0.4, -0.2) is 17.9 Å². The fourth-order valence-corrected chi connectivity index (χ4v) is 5.28. The van der Waals surface area contributed by atoms with Crippen LogP contribution in [0.5, 0.6) is 0 Å². The van der Waals surface area contributed by atoms with Crippen molar-refractivity contribution in [3.8, 4) is 0 Å². The van der Waals surface area contributed by atoms with E-state index in [2.05, 4.69) is 20.8 Å². The molecule has 124 valence electrons. The van der Waals surface area contributed by atoms with Gasteiger partial charge in [-0.25, -0.2) is 0 Å². The van der Waals surface area contributed by atoms with Crippen molar-refractivity contribution in [3.63, 3.8) is 0 Å². The molecular formula is C20H31FO. The van der Waals surface area contributed by atoms with Gasteiger partial charge in [0, 0.05) is 5.92 Å². The smallest absolute Gasteiger partial charge is 0.0957 e. The summed E-state index contributed by atoms with van der Waals surface area (Å²) in [5.41, 5.74) is 6.02. The predicted molar refractivity (Wildman–Crippen MR) is 89.3 cm³/mol. The standard InChI is InChI=1S/C20H31FO/c1-12-5-6-16-14(3)19(22)9-18-15(13(2)11-21)7-8-20(18,4)10-17(12)16/h13-14,16,19,22H,5-11H2,1-4H3/t13-,14-,16+,19+,20-/m1/s1. The molecule has 1 N–H and O–H groups in total. The molecule has 0 bridgehead atoms. The van der Waals surface area contributed by atoms with Crippen LogP contribution in [0.3, 0.4) is 0 Å². The summed E-state index contributed by atoms with van der Waals surface area (Å²) in [6.07, 6.45) is 6.18. The van der Waals surface area contributed by atoms with Crippen molar-refractivity contribution in [2.75, 3.05) is 6.67 Å². The molecule has 0 amide bonds. The molecule has 0 radical (unpaired) electrons. The fourth-order valence-electron chi connectivity index (χ4n) is 5.28. The van der Waals surface area contributed by atoms with Gasteiger partial charge in [0.05, 0.1) is 12.8 Å². The number of fused-ring (bicyclic) bond motifs is 2. The predicted octanol–water partition coefficient (Wildman–Crippen LogP) is 5.21. The van der Waals surface area contributed by atoms with Gasteiger partial charge in [0.2, 0.25) is 0 Å². The number of hydrogen-bond donors (Lipinski definition) is 1. The first-order chi connectivity index (χ1) is 10.4. The van der Waals surface area contributed by atoms with Gasteiger partial charge in [-0.1, -0.05) is 43.1 Å². The van der Waals surface area contributed by atoms with Gasteiger partial charge in [-0.2, -0.15) is 0 Å². The highest BCUT2D eigenvalue weighted by Gasteiger charge is 2.45. The first-order valence-electron chi connectivity index (χ1n) is 9.02. The van der Waals surface area contributed by atoms with Gasteiger partial charge in [-0.3, -0.25) is 4.39 Å². The monoisotopic (exact) mass is 306 g/mol. The zero-order valence-electron chi connectivity index (χ0n) is 14.6. The molecule has 0 aliphatic heterocycles. The first kappa shape index (κ1) is 16.2. The molecule has 1 nitrogen and oxygen atoms in total. The van der Waals surface area contributed by atoms with E-state index in [9.17, 15) is 9.50 Å². The van der Waals surface area contributed by atoms with Gasteiger partial charge in [0.1, 0.15) is 0 Å². The Morgan fingerprint density at radius 3 is 2.77 bits per heavy atom. The maximum atomic E-state index is 13.2. The van der Waals surface area contributed by atoms with E-state index < -0.39 is 0 Å². The molecule has 22 heavy (non-hydrogen) atoms. The van der Waals surface area contributed by atoms with Crippen LogP contribution < -0.4 is 0 Å². The Hall–Kier alpha value is -0.630. The van der Waals surface area contributed by atoms with Gasteiger partial charge in [0.25, 0.3) is 0 Å². The molecule has 0 aromatic rings. The van der Waals surface area contributed by atoms with E-state index in [0.29, 0.717) is 11.8 Å². The molecule has 3 rings (SSSR count). The largest absolute Gasteiger partial charge is 0.392 e. The lowest BCUT2D eigenvalue weighted by atomic mass is 9.67. The summed E-state index contributed by atoms with van der Waals surface area (Å²) in [4.78, 5) is 0. The molecule has 0 unspecified atom stereocenters. The molecule has 0 heterocycles. The minimum atomic E-state index is -0.277. The number of allylic oxidation sites excluding steroid dienone is 3. The summed E-state index contributed by atoms with van der Waals surface area (Å²) in [5, 5.41) is 10.8. The molecule has 0 saturated heterocycles. The molecule has 0 spiro atoms. The number of aliphatic hydroxyl groups excluding tert-OH is 1. The molecule has 3 aliphatic carbocycles. The second-order valence-corrected chi connectivity index (χ2v) is 8.38. The van der Waals surface area contributed by atoms with Crippen LogP contribution in [0, 0.1) is 23.2 Å². The minimum absolute atomic E-state index is 0.0215. The van der Waals surface area contributed by atoms with Gasteiger partial charge in [-0.15, -0.1) is 0 Å². The fraction of sp³-hybridized carbons (Fsp3) is 0.800. The third-order valence-electron chi connectivity index (χ3n) is 6.95. The van der Waals surface area contributed by atoms with Crippen LogP contribution in [0.2, 0.25) is 0 Å². The first-order valence-corrected chi connectivity index (χ1v) is 9.02. The summed E-state index contributed by atoms with van der Waals surface area (Å²) in [6.45, 7) is 8.59. The van der Waals surface area contributed by atoms with E-state index in [1.165, 1.54) is 24.0 Å². The lowest BCUT2D eigenvalue weighted by molar-refractivity contribution is 0.0774. The van der Waals surface area contributed by atoms with Crippen molar-refractivity contribution < 1.29 is 9.50 Å². The summed E-state index contributed by atoms with van der Waals surface area (Å²) in [7, 11) is 0. The number of aliphatic hydroxyl groups is 1. The Labute approximate surface area is 134 Å². The third-order valence-corrected chi connectivity index (χ3v) is 6.95. The third kappa shape index (κ3) is 2.48. The van der Waals surface area contributed by atoms with Gasteiger partial charge >= 0.3 is 0 Å². The average molecular weight is 306 g/mol. The lowest BCUT2D eigenvalue weighted by Crippen LogP contribution is -2.33. The van der Waals surface area contributed by atoms with Crippen molar-refractivity contribution in [1.82, 2.24) is 0 Å². The molecule has 1 saturated carbocycles. The van der Waals surface area contributed by atoms with Crippen molar-refractivity contribution in [1.29, 1.82) is 0 Å². The zero-order valence-corrected chi connectivity index (χ0v) is 14.6. The van der Waals surface area contributed by atoms with E-state index in [0.717, 1.165) is 25.7 Å². The van der Waals surface area contributed by atoms with E-state index in [4.69, 9.17) is 0 Å². The normalized spacial score (nSPS) is 40.4. The average Bonchev–Trinajstić information content (AvgIpc) is 2.99. The molecule has 3 aliphatic rings. The highest BCUT2D eigenvalue weighted by molar-refractivity contribution is 5.36. The molecule has 0 aromatic carbocycles. The second kappa shape index (κ2) is 5.78. The summed E-state index contributed by atoms with van der Waals surface area (Å²) in [6, 6.07) is 0. The molecule has 1 fully saturated rings. The molecule has 2 heteroatoms. The van der Waals surface area contributed by atoms with Crippen LogP contribution in [-0.2, 0) is 0 Å². The van der Waals surface area contributed by atoms with Gasteiger partial charge in [-0.05, 0) is 62.7 Å². The van der Waals surface area contributed by atoms with E-state index >= 15 is 0 Å². The van der Waals surface area contributed by atoms with E-state index in [1.54, 1.807) is 11.1 Å². The molecule has 5 atom stereocenters. The number of halogens is 1. The van der Waals surface area contributed by atoms with Crippen molar-refractivity contribution in [2.24, 2.45) is 23.2 Å². The Balaban J connectivity index is 2.04. The summed E-state index contributed by atoms with van der Waals surface area (Å²) < 4.78 is 13.2. The number of alkyl halides is 1. The quantitative estimate of drug-likeness (QED) is 0.695. The lowest BCUT2D eigenvalue weighted by Gasteiger charge is -2.39. The van der Waals surface area contributed by atoms with Crippen molar-refractivity contribution in [2.45, 2.75) is 72.3 Å². The maximum absolute atomic E-state index is 13.2. The number of hydrogen-bond acceptors (Lipinski definition) is 1. The van der Waals surface area contributed by atoms with Crippen LogP contribution in [0.15, 0.2) is 22.3 Å². The highest BCUT2D eigenvalue weighted by Crippen LogP contribution is 2.56. The topological polar surface area (TPSA) is 20.2 Å². The molecular weight excluding hydrogens is 275 g/mol. The SMILES string of the molecule is CC1=C2C[C@@]3(C)CCC([C@H](C)CF)=C3C[C@H](O)[C@H](C)[C@@H]2CC1. The van der Waals surface area contributed by atoms with Gasteiger partial charge < -0.3 is 5.11 Å². The zero-order chi connectivity index (χ0) is 16.1. The minimum Gasteiger partial charge on any atom is -0.392 e. The Kier molecular flexibility index (Phi) is 4.26. The Bertz CT molecular complexity index is 518. The summed E-state index contributed by atoms with van der Waals surface area (Å²) >= 11 is 0. The van der Waals surface area contributed by atoms with Crippen LogP contribution in [0.4, 0.5) is 4.39 Å². The molecule has 0 aromatic heterocycles.